The van der Waals surface area contributed by atoms with E-state index in [-0.39, 0.29) is 0 Å². The number of carbonyl (C=O) groups is 4. The molecule has 3 aromatic carbocycles. The molecular weight excluding hydrogens is 1000 g/mol. The molecule has 0 aromatic heterocycles. The Morgan fingerprint density at radius 3 is 0.782 bits per heavy atom. The number of hydrogen-bond donors (Lipinski definition) is 8. The first-order chi connectivity index (χ1) is 37.3. The van der Waals surface area contributed by atoms with Crippen molar-refractivity contribution in [2.45, 2.75) is 105 Å². The summed E-state index contributed by atoms with van der Waals surface area (Å²) in [6.07, 6.45) is 20.8. The summed E-state index contributed by atoms with van der Waals surface area (Å²) in [5.74, 6) is 4.75. The van der Waals surface area contributed by atoms with Crippen LogP contribution < -0.4 is 41.9 Å². The van der Waals surface area contributed by atoms with Crippen molar-refractivity contribution >= 4 is 71.5 Å². The number of nitrogens with zero attached hydrogens (tertiary/aromatic N) is 4. The van der Waals surface area contributed by atoms with Gasteiger partial charge in [-0.05, 0) is 97.9 Å². The monoisotopic (exact) mass is 1080 g/mol. The molecule has 12 N–H and O–H groups in total. The average molecular weight is 1080 g/mol. The Kier molecular flexibility index (Phi) is 29.9. The average Bonchev–Trinajstić information content (AvgIpc) is 4.17. The van der Waals surface area contributed by atoms with E-state index in [1.54, 1.807) is 0 Å². The van der Waals surface area contributed by atoms with Crippen LogP contribution >= 0.6 is 0 Å². The Bertz CT molecular complexity index is 2210. The number of amidine groups is 4. The van der Waals surface area contributed by atoms with Crippen LogP contribution in [0, 0.1) is 23.7 Å². The van der Waals surface area contributed by atoms with Gasteiger partial charge in [-0.25, -0.2) is 0 Å². The van der Waals surface area contributed by atoms with Crippen LogP contribution in [-0.2, 0) is 19.2 Å². The van der Waals surface area contributed by atoms with E-state index in [1.807, 2.05) is 36.4 Å². The number of hydrogen-bond acceptors (Lipinski definition) is 12. The molecule has 3 aromatic rings. The van der Waals surface area contributed by atoms with E-state index in [0.29, 0.717) is 76.3 Å². The molecule has 78 heavy (non-hydrogen) atoms. The van der Waals surface area contributed by atoms with E-state index in [4.69, 9.17) is 81.5 Å². The highest BCUT2D eigenvalue weighted by molar-refractivity contribution is 5.86. The summed E-state index contributed by atoms with van der Waals surface area (Å²) in [6.45, 7) is 9.16. The van der Waals surface area contributed by atoms with Crippen molar-refractivity contribution in [3.63, 3.8) is 0 Å². The summed E-state index contributed by atoms with van der Waals surface area (Å²) >= 11 is 0. The maximum atomic E-state index is 9.00. The molecule has 0 unspecified atom stereocenters. The summed E-state index contributed by atoms with van der Waals surface area (Å²) in [4.78, 5) is 54.1. The lowest BCUT2D eigenvalue weighted by molar-refractivity contribution is -0.135. The molecule has 0 atom stereocenters. The first-order valence-corrected chi connectivity index (χ1v) is 26.5. The Morgan fingerprint density at radius 2 is 0.590 bits per heavy atom. The standard InChI is InChI=1S/C50H66N8O4.4C2H4O2/c51-47(39-13-14-39)55-21-1-25-59-43-29-37(30-44(33-43)60-26-2-22-56-48(52)40-15-16-40)11-9-35-5-7-36(8-6-35)10-12-38-31-45(61-27-3-23-57-49(53)41-17-18-41)34-46(32-38)62-28-4-24-58-50(54)42-19-20-42;4*1-2(3)4/h5-12,29-34,39-42H,1-4,13-28H2,(H2,51,55)(H2,52,56)(H2,53,57)(H2,54,58);4*1H3,(H,3,4)/b11-9+,12-10+;;;;. The Hall–Kier alpha value is -7.90. The summed E-state index contributed by atoms with van der Waals surface area (Å²) in [6, 6.07) is 20.5. The summed E-state index contributed by atoms with van der Waals surface area (Å²) in [7, 11) is 0. The van der Waals surface area contributed by atoms with E-state index in [9.17, 15) is 0 Å². The molecule has 0 spiro atoms. The van der Waals surface area contributed by atoms with Gasteiger partial charge < -0.3 is 62.3 Å². The number of ether oxygens (including phenoxy) is 4. The van der Waals surface area contributed by atoms with Crippen LogP contribution in [0.4, 0.5) is 0 Å². The fourth-order valence-corrected chi connectivity index (χ4v) is 6.70. The fourth-order valence-electron chi connectivity index (χ4n) is 6.70. The van der Waals surface area contributed by atoms with Gasteiger partial charge in [-0.3, -0.25) is 39.1 Å². The van der Waals surface area contributed by atoms with Gasteiger partial charge in [0.1, 0.15) is 23.0 Å². The third-order valence-corrected chi connectivity index (χ3v) is 11.1. The lowest BCUT2D eigenvalue weighted by Crippen LogP contribution is -2.15. The first-order valence-electron chi connectivity index (χ1n) is 26.5. The molecule has 0 aliphatic heterocycles. The Balaban J connectivity index is 0.000000882. The van der Waals surface area contributed by atoms with Gasteiger partial charge in [0.05, 0.1) is 49.8 Å². The Labute approximate surface area is 458 Å². The normalized spacial score (nSPS) is 15.2. The molecule has 0 radical (unpaired) electrons. The molecule has 0 amide bonds. The fraction of sp³-hybridized carbons (Fsp3) is 0.483. The predicted octanol–water partition coefficient (Wildman–Crippen LogP) is 8.54. The molecule has 4 aliphatic rings. The summed E-state index contributed by atoms with van der Waals surface area (Å²) < 4.78 is 24.7. The van der Waals surface area contributed by atoms with Crippen molar-refractivity contribution in [2.75, 3.05) is 52.6 Å². The van der Waals surface area contributed by atoms with Crippen LogP contribution in [0.2, 0.25) is 0 Å². The molecule has 0 heterocycles. The third-order valence-electron chi connectivity index (χ3n) is 11.1. The largest absolute Gasteiger partial charge is 0.493 e. The lowest BCUT2D eigenvalue weighted by Gasteiger charge is -2.11. The number of carboxylic acids is 4. The zero-order valence-corrected chi connectivity index (χ0v) is 45.7. The van der Waals surface area contributed by atoms with Gasteiger partial charge in [0.2, 0.25) is 0 Å². The van der Waals surface area contributed by atoms with Crippen LogP contribution in [0.15, 0.2) is 80.6 Å². The maximum absolute atomic E-state index is 9.00. The zero-order valence-electron chi connectivity index (χ0n) is 45.7. The summed E-state index contributed by atoms with van der Waals surface area (Å²) in [5.41, 5.74) is 28.4. The predicted molar refractivity (Wildman–Crippen MR) is 308 cm³/mol. The van der Waals surface area contributed by atoms with Crippen molar-refractivity contribution in [1.82, 2.24) is 0 Å². The molecule has 4 fully saturated rings. The van der Waals surface area contributed by atoms with Crippen molar-refractivity contribution in [3.05, 3.63) is 82.9 Å². The Morgan fingerprint density at radius 1 is 0.397 bits per heavy atom. The molecule has 0 bridgehead atoms. The number of carboxylic acid groups (broad SMARTS) is 4. The van der Waals surface area contributed by atoms with Crippen molar-refractivity contribution in [2.24, 2.45) is 66.6 Å². The van der Waals surface area contributed by atoms with Crippen LogP contribution in [0.1, 0.15) is 127 Å². The van der Waals surface area contributed by atoms with E-state index < -0.39 is 23.9 Å². The van der Waals surface area contributed by atoms with Crippen LogP contribution in [0.5, 0.6) is 23.0 Å². The smallest absolute Gasteiger partial charge is 0.300 e. The van der Waals surface area contributed by atoms with E-state index in [1.165, 1.54) is 0 Å². The molecule has 20 heteroatoms. The maximum Gasteiger partial charge on any atom is 0.300 e. The number of benzene rings is 3. The molecule has 20 nitrogen and oxygen atoms in total. The highest BCUT2D eigenvalue weighted by Gasteiger charge is 2.27. The number of rotatable bonds is 28. The molecule has 426 valence electrons. The molecule has 0 saturated heterocycles. The minimum atomic E-state index is -0.833. The van der Waals surface area contributed by atoms with Gasteiger partial charge in [0, 0.05) is 115 Å². The molecule has 7 rings (SSSR count). The van der Waals surface area contributed by atoms with Crippen LogP contribution in [0.3, 0.4) is 0 Å². The first kappa shape index (κ1) is 64.4. The van der Waals surface area contributed by atoms with Gasteiger partial charge in [0.15, 0.2) is 0 Å². The minimum absolute atomic E-state index is 0.484. The summed E-state index contributed by atoms with van der Waals surface area (Å²) in [5, 5.41) is 29.7. The van der Waals surface area contributed by atoms with E-state index in [0.717, 1.165) is 173 Å². The minimum Gasteiger partial charge on any atom is -0.493 e. The third kappa shape index (κ3) is 33.2. The highest BCUT2D eigenvalue weighted by Crippen LogP contribution is 2.31. The van der Waals surface area contributed by atoms with Gasteiger partial charge in [0.25, 0.3) is 23.9 Å². The van der Waals surface area contributed by atoms with E-state index >= 15 is 0 Å². The number of aliphatic imine (C=N–C) groups is 4. The second kappa shape index (κ2) is 36.2. The van der Waals surface area contributed by atoms with E-state index in [2.05, 4.69) is 68.5 Å². The van der Waals surface area contributed by atoms with Gasteiger partial charge in [-0.2, -0.15) is 0 Å². The highest BCUT2D eigenvalue weighted by atomic mass is 16.5. The quantitative estimate of drug-likeness (QED) is 0.0146. The number of nitrogens with two attached hydrogens (primary N) is 4. The number of aliphatic carboxylic acids is 4. The van der Waals surface area contributed by atoms with Crippen LogP contribution in [0.25, 0.3) is 24.3 Å². The second-order valence-corrected chi connectivity index (χ2v) is 19.0. The van der Waals surface area contributed by atoms with Gasteiger partial charge in [-0.15, -0.1) is 0 Å². The van der Waals surface area contributed by atoms with Crippen molar-refractivity contribution < 1.29 is 58.6 Å². The molecule has 4 saturated carbocycles. The van der Waals surface area contributed by atoms with Crippen molar-refractivity contribution in [1.29, 1.82) is 0 Å². The van der Waals surface area contributed by atoms with Gasteiger partial charge >= 0.3 is 0 Å². The SMILES string of the molecule is CC(=O)O.CC(=O)O.CC(=O)O.CC(=O)O.NC(=NCCCOc1cc(/C=C/c2ccc(/C=C/c3cc(OCCCN=C(N)C4CC4)cc(OCCCN=C(N)C4CC4)c3)cc2)cc(OCCCN=C(N)C2CC2)c1)C1CC1. The topological polar surface area (TPSA) is 340 Å². The van der Waals surface area contributed by atoms with Gasteiger partial charge in [-0.1, -0.05) is 48.6 Å². The van der Waals surface area contributed by atoms with Crippen LogP contribution in [-0.4, -0.2) is 120 Å². The lowest BCUT2D eigenvalue weighted by atomic mass is 10.1. The molecular formula is C58H82N8O12. The molecule has 4 aliphatic carbocycles. The van der Waals surface area contributed by atoms with Crippen molar-refractivity contribution in [3.8, 4) is 23.0 Å². The zero-order chi connectivity index (χ0) is 57.2. The second-order valence-electron chi connectivity index (χ2n) is 19.0.